The third-order valence-corrected chi connectivity index (χ3v) is 1.68. The van der Waals surface area contributed by atoms with Gasteiger partial charge >= 0.3 is 0 Å². The van der Waals surface area contributed by atoms with Gasteiger partial charge in [0.05, 0.1) is 6.54 Å². The second kappa shape index (κ2) is 5.57. The summed E-state index contributed by atoms with van der Waals surface area (Å²) in [6, 6.07) is 0. The monoisotopic (exact) mass is 266 g/mol. The molecule has 0 unspecified atom stereocenters. The molecule has 1 rings (SSSR count). The number of nitrogens with one attached hydrogen (secondary N) is 1. The molecule has 1 aromatic rings. The van der Waals surface area contributed by atoms with Gasteiger partial charge in [-0.25, -0.2) is 9.55 Å². The molecule has 2 nitrogen and oxygen atoms in total. The highest BCUT2D eigenvalue weighted by atomic mass is 127. The molecule has 0 atom stereocenters. The summed E-state index contributed by atoms with van der Waals surface area (Å²) in [6.45, 7) is 5.42. The number of hydrogen-bond acceptors (Lipinski definition) is 0. The van der Waals surface area contributed by atoms with E-state index in [1.807, 2.05) is 6.20 Å². The van der Waals surface area contributed by atoms with Crippen molar-refractivity contribution in [2.75, 3.05) is 0 Å². The Morgan fingerprint density at radius 3 is 2.73 bits per heavy atom. The smallest absolute Gasteiger partial charge is 0.254 e. The Morgan fingerprint density at radius 1 is 1.45 bits per heavy atom. The lowest BCUT2D eigenvalue weighted by Gasteiger charge is -1.92. The van der Waals surface area contributed by atoms with Crippen LogP contribution in [0.4, 0.5) is 0 Å². The average molecular weight is 266 g/mol. The van der Waals surface area contributed by atoms with Gasteiger partial charge in [0.25, 0.3) is 5.82 Å². The molecule has 64 valence electrons. The van der Waals surface area contributed by atoms with Gasteiger partial charge in [-0.15, -0.1) is 0 Å². The molecule has 11 heavy (non-hydrogen) atoms. The average Bonchev–Trinajstić information content (AvgIpc) is 2.36. The normalized spacial score (nSPS) is 9.27. The van der Waals surface area contributed by atoms with E-state index in [1.54, 1.807) is 0 Å². The lowest BCUT2D eigenvalue weighted by Crippen LogP contribution is -3.00. The molecular formula is C8H15IN2. The van der Waals surface area contributed by atoms with E-state index in [0.717, 1.165) is 13.0 Å². The van der Waals surface area contributed by atoms with Gasteiger partial charge in [0.2, 0.25) is 0 Å². The first-order chi connectivity index (χ1) is 4.88. The first-order valence-electron chi connectivity index (χ1n) is 3.94. The molecule has 0 bridgehead atoms. The second-order valence-electron chi connectivity index (χ2n) is 2.44. The largest absolute Gasteiger partial charge is 1.00 e. The van der Waals surface area contributed by atoms with Crippen LogP contribution in [0.2, 0.25) is 0 Å². The lowest BCUT2D eigenvalue weighted by molar-refractivity contribution is -0.699. The van der Waals surface area contributed by atoms with Gasteiger partial charge < -0.3 is 24.0 Å². The molecule has 0 aliphatic rings. The summed E-state index contributed by atoms with van der Waals surface area (Å²) in [7, 11) is 0. The van der Waals surface area contributed by atoms with E-state index in [1.165, 1.54) is 12.2 Å². The van der Waals surface area contributed by atoms with Crippen LogP contribution in [0, 0.1) is 0 Å². The van der Waals surface area contributed by atoms with E-state index in [0.29, 0.717) is 0 Å². The fraction of sp³-hybridized carbons (Fsp3) is 0.625. The van der Waals surface area contributed by atoms with Crippen LogP contribution in [0.1, 0.15) is 26.1 Å². The first kappa shape index (κ1) is 10.9. The number of imidazole rings is 1. The zero-order valence-electron chi connectivity index (χ0n) is 7.10. The summed E-state index contributed by atoms with van der Waals surface area (Å²) in [5, 5.41) is 0. The van der Waals surface area contributed by atoms with Crippen LogP contribution in [0.5, 0.6) is 0 Å². The van der Waals surface area contributed by atoms with Gasteiger partial charge in [-0.3, -0.25) is 0 Å². The van der Waals surface area contributed by atoms with Gasteiger partial charge in [-0.1, -0.05) is 6.92 Å². The van der Waals surface area contributed by atoms with Crippen molar-refractivity contribution < 1.29 is 28.5 Å². The summed E-state index contributed by atoms with van der Waals surface area (Å²) in [5.74, 6) is 1.34. The van der Waals surface area contributed by atoms with Crippen molar-refractivity contribution in [3.8, 4) is 0 Å². The Balaban J connectivity index is 0.000001000. The van der Waals surface area contributed by atoms with Crippen LogP contribution in [0.25, 0.3) is 0 Å². The van der Waals surface area contributed by atoms with Crippen LogP contribution in [-0.4, -0.2) is 4.98 Å². The number of aryl methyl sites for hydroxylation is 2. The van der Waals surface area contributed by atoms with E-state index in [4.69, 9.17) is 0 Å². The SMILES string of the molecule is CCCc1[nH]cc[n+]1CC.[I-]. The molecule has 0 aromatic carbocycles. The van der Waals surface area contributed by atoms with Gasteiger partial charge in [0.15, 0.2) is 0 Å². The van der Waals surface area contributed by atoms with Crippen molar-refractivity contribution >= 4 is 0 Å². The van der Waals surface area contributed by atoms with E-state index in [9.17, 15) is 0 Å². The van der Waals surface area contributed by atoms with Crippen molar-refractivity contribution in [1.29, 1.82) is 0 Å². The van der Waals surface area contributed by atoms with Crippen molar-refractivity contribution in [3.63, 3.8) is 0 Å². The molecule has 1 N–H and O–H groups in total. The Hall–Kier alpha value is -0.0600. The molecule has 0 saturated heterocycles. The van der Waals surface area contributed by atoms with E-state index in [2.05, 4.69) is 29.6 Å². The lowest BCUT2D eigenvalue weighted by atomic mass is 10.3. The maximum absolute atomic E-state index is 3.22. The van der Waals surface area contributed by atoms with Crippen LogP contribution in [-0.2, 0) is 13.0 Å². The number of H-pyrrole nitrogens is 1. The van der Waals surface area contributed by atoms with Crippen molar-refractivity contribution in [2.45, 2.75) is 33.2 Å². The number of rotatable bonds is 3. The molecule has 0 amide bonds. The highest BCUT2D eigenvalue weighted by Gasteiger charge is 2.05. The number of halogens is 1. The number of aromatic amines is 1. The maximum Gasteiger partial charge on any atom is 0.254 e. The highest BCUT2D eigenvalue weighted by molar-refractivity contribution is 4.76. The number of nitrogens with zero attached hydrogens (tertiary/aromatic N) is 1. The quantitative estimate of drug-likeness (QED) is 0.496. The predicted molar refractivity (Wildman–Crippen MR) is 40.7 cm³/mol. The molecule has 1 aromatic heterocycles. The minimum Gasteiger partial charge on any atom is -1.00 e. The molecule has 3 heteroatoms. The number of aromatic nitrogens is 2. The van der Waals surface area contributed by atoms with Gasteiger partial charge in [-0.2, -0.15) is 0 Å². The topological polar surface area (TPSA) is 19.7 Å². The van der Waals surface area contributed by atoms with Crippen LogP contribution in [0.15, 0.2) is 12.4 Å². The second-order valence-corrected chi connectivity index (χ2v) is 2.44. The molecule has 0 aliphatic carbocycles. The number of hydrogen-bond donors (Lipinski definition) is 1. The minimum absolute atomic E-state index is 0. The Bertz CT molecular complexity index is 196. The van der Waals surface area contributed by atoms with Gasteiger partial charge in [-0.05, 0) is 13.3 Å². The molecule has 0 spiro atoms. The van der Waals surface area contributed by atoms with Gasteiger partial charge in [0, 0.05) is 6.42 Å². The molecular weight excluding hydrogens is 251 g/mol. The molecule has 0 aliphatic heterocycles. The maximum atomic E-state index is 3.22. The predicted octanol–water partition coefficient (Wildman–Crippen LogP) is -1.72. The molecule has 0 radical (unpaired) electrons. The van der Waals surface area contributed by atoms with Crippen LogP contribution >= 0.6 is 0 Å². The minimum atomic E-state index is 0. The third-order valence-electron chi connectivity index (χ3n) is 1.68. The summed E-state index contributed by atoms with van der Waals surface area (Å²) >= 11 is 0. The standard InChI is InChI=1S/C8H14N2.HI/c1-3-5-8-9-6-7-10(8)4-2;/h6-7H,3-5H2,1-2H3;1H. The van der Waals surface area contributed by atoms with Crippen molar-refractivity contribution in [1.82, 2.24) is 4.98 Å². The Labute approximate surface area is 85.0 Å². The Morgan fingerprint density at radius 2 is 2.18 bits per heavy atom. The first-order valence-corrected chi connectivity index (χ1v) is 3.94. The summed E-state index contributed by atoms with van der Waals surface area (Å²) in [4.78, 5) is 3.22. The summed E-state index contributed by atoms with van der Waals surface area (Å²) in [5.41, 5.74) is 0. The van der Waals surface area contributed by atoms with Crippen LogP contribution in [0.3, 0.4) is 0 Å². The van der Waals surface area contributed by atoms with Crippen molar-refractivity contribution in [2.24, 2.45) is 0 Å². The third kappa shape index (κ3) is 2.81. The van der Waals surface area contributed by atoms with E-state index >= 15 is 0 Å². The molecule has 0 fully saturated rings. The molecule has 0 saturated carbocycles. The summed E-state index contributed by atoms with van der Waals surface area (Å²) in [6.07, 6.45) is 6.45. The van der Waals surface area contributed by atoms with E-state index < -0.39 is 0 Å². The zero-order chi connectivity index (χ0) is 7.40. The Kier molecular flexibility index (Phi) is 5.54. The zero-order valence-corrected chi connectivity index (χ0v) is 9.26. The van der Waals surface area contributed by atoms with E-state index in [-0.39, 0.29) is 24.0 Å². The fourth-order valence-electron chi connectivity index (χ4n) is 1.15. The van der Waals surface area contributed by atoms with Crippen molar-refractivity contribution in [3.05, 3.63) is 18.2 Å². The summed E-state index contributed by atoms with van der Waals surface area (Å²) < 4.78 is 2.24. The molecule has 1 heterocycles. The van der Waals surface area contributed by atoms with Gasteiger partial charge in [0.1, 0.15) is 12.4 Å². The highest BCUT2D eigenvalue weighted by Crippen LogP contribution is 1.91. The fourth-order valence-corrected chi connectivity index (χ4v) is 1.15. The van der Waals surface area contributed by atoms with Crippen LogP contribution < -0.4 is 28.5 Å².